The van der Waals surface area contributed by atoms with Gasteiger partial charge in [-0.3, -0.25) is 9.59 Å². The molecular formula is C20H18FN3O4S2. The van der Waals surface area contributed by atoms with E-state index in [0.717, 1.165) is 12.1 Å². The van der Waals surface area contributed by atoms with E-state index in [-0.39, 0.29) is 5.91 Å². The Labute approximate surface area is 177 Å². The fourth-order valence-electron chi connectivity index (χ4n) is 2.50. The molecule has 1 heterocycles. The first-order valence-electron chi connectivity index (χ1n) is 8.79. The Hall–Kier alpha value is -3.08. The number of nitrogens with one attached hydrogen (secondary N) is 3. The minimum absolute atomic E-state index is 0.238. The van der Waals surface area contributed by atoms with Crippen LogP contribution in [0.3, 0.4) is 0 Å². The molecule has 0 saturated heterocycles. The third-order valence-electron chi connectivity index (χ3n) is 4.01. The molecule has 0 radical (unpaired) electrons. The number of thiophene rings is 1. The molecule has 156 valence electrons. The molecule has 2 amide bonds. The van der Waals surface area contributed by atoms with Crippen LogP contribution in [-0.2, 0) is 14.8 Å². The van der Waals surface area contributed by atoms with Crippen molar-refractivity contribution in [1.82, 2.24) is 4.72 Å². The molecule has 3 N–H and O–H groups in total. The first kappa shape index (κ1) is 21.6. The summed E-state index contributed by atoms with van der Waals surface area (Å²) in [6.07, 6.45) is 0. The first-order chi connectivity index (χ1) is 14.3. The minimum Gasteiger partial charge on any atom is -0.325 e. The molecule has 0 unspecified atom stereocenters. The van der Waals surface area contributed by atoms with Gasteiger partial charge in [0.25, 0.3) is 5.91 Å². The number of sulfonamides is 1. The second-order valence-electron chi connectivity index (χ2n) is 6.27. The molecule has 0 saturated carbocycles. The first-order valence-corrected chi connectivity index (χ1v) is 11.2. The van der Waals surface area contributed by atoms with Crippen LogP contribution >= 0.6 is 11.3 Å². The van der Waals surface area contributed by atoms with Gasteiger partial charge in [0.2, 0.25) is 15.9 Å². The Kier molecular flexibility index (Phi) is 6.60. The van der Waals surface area contributed by atoms with Crippen LogP contribution < -0.4 is 15.4 Å². The number of benzene rings is 2. The lowest BCUT2D eigenvalue weighted by molar-refractivity contribution is -0.117. The average molecular weight is 448 g/mol. The van der Waals surface area contributed by atoms with Crippen molar-refractivity contribution in [2.75, 3.05) is 10.6 Å². The Morgan fingerprint density at radius 1 is 0.933 bits per heavy atom. The summed E-state index contributed by atoms with van der Waals surface area (Å²) >= 11 is 1.32. The van der Waals surface area contributed by atoms with Crippen molar-refractivity contribution in [3.05, 3.63) is 76.7 Å². The number of amides is 2. The van der Waals surface area contributed by atoms with Crippen molar-refractivity contribution in [3.63, 3.8) is 0 Å². The number of hydrogen-bond acceptors (Lipinski definition) is 5. The highest BCUT2D eigenvalue weighted by atomic mass is 32.2. The number of carbonyl (C=O) groups excluding carboxylic acids is 2. The van der Waals surface area contributed by atoms with Crippen LogP contribution in [0.25, 0.3) is 0 Å². The molecule has 0 spiro atoms. The standard InChI is InChI=1S/C20H18FN3O4S2/c1-13(24-30(27,28)18-7-3-2-5-16(18)21)19(25)22-14-8-10-15(11-9-14)23-20(26)17-6-4-12-29-17/h2-13,24H,1H3,(H,22,25)(H,23,26)/t13-/m0/s1. The molecule has 0 aliphatic heterocycles. The van der Waals surface area contributed by atoms with Crippen LogP contribution in [-0.4, -0.2) is 26.3 Å². The number of rotatable bonds is 7. The van der Waals surface area contributed by atoms with E-state index in [1.165, 1.54) is 30.4 Å². The van der Waals surface area contributed by atoms with Crippen molar-refractivity contribution in [2.45, 2.75) is 17.9 Å². The maximum atomic E-state index is 13.8. The smallest absolute Gasteiger partial charge is 0.265 e. The SMILES string of the molecule is C[C@H](NS(=O)(=O)c1ccccc1F)C(=O)Nc1ccc(NC(=O)c2cccs2)cc1. The van der Waals surface area contributed by atoms with Gasteiger partial charge < -0.3 is 10.6 Å². The molecule has 2 aromatic carbocycles. The summed E-state index contributed by atoms with van der Waals surface area (Å²) in [5.74, 6) is -1.76. The zero-order valence-electron chi connectivity index (χ0n) is 15.8. The maximum Gasteiger partial charge on any atom is 0.265 e. The van der Waals surface area contributed by atoms with Gasteiger partial charge in [0, 0.05) is 11.4 Å². The Morgan fingerprint density at radius 2 is 1.57 bits per heavy atom. The van der Waals surface area contributed by atoms with Gasteiger partial charge in [-0.05, 0) is 54.8 Å². The third kappa shape index (κ3) is 5.29. The van der Waals surface area contributed by atoms with Crippen molar-refractivity contribution >= 4 is 44.5 Å². The quantitative estimate of drug-likeness (QED) is 0.516. The average Bonchev–Trinajstić information content (AvgIpc) is 3.24. The summed E-state index contributed by atoms with van der Waals surface area (Å²) in [5, 5.41) is 7.10. The molecule has 10 heteroatoms. The van der Waals surface area contributed by atoms with Gasteiger partial charge in [-0.1, -0.05) is 18.2 Å². The molecule has 0 aliphatic carbocycles. The summed E-state index contributed by atoms with van der Waals surface area (Å²) < 4.78 is 40.5. The molecule has 0 bridgehead atoms. The van der Waals surface area contributed by atoms with Crippen molar-refractivity contribution in [1.29, 1.82) is 0 Å². The zero-order valence-corrected chi connectivity index (χ0v) is 17.4. The lowest BCUT2D eigenvalue weighted by Crippen LogP contribution is -2.41. The van der Waals surface area contributed by atoms with E-state index in [9.17, 15) is 22.4 Å². The van der Waals surface area contributed by atoms with Gasteiger partial charge in [0.1, 0.15) is 10.7 Å². The van der Waals surface area contributed by atoms with Crippen LogP contribution in [0.2, 0.25) is 0 Å². The summed E-state index contributed by atoms with van der Waals surface area (Å²) in [6.45, 7) is 1.35. The topological polar surface area (TPSA) is 104 Å². The van der Waals surface area contributed by atoms with Gasteiger partial charge in [0.05, 0.1) is 10.9 Å². The summed E-state index contributed by atoms with van der Waals surface area (Å²) in [4.78, 5) is 24.4. The second-order valence-corrected chi connectivity index (χ2v) is 8.90. The van der Waals surface area contributed by atoms with E-state index in [1.54, 1.807) is 41.8 Å². The van der Waals surface area contributed by atoms with Crippen LogP contribution in [0.5, 0.6) is 0 Å². The fourth-order valence-corrected chi connectivity index (χ4v) is 4.40. The van der Waals surface area contributed by atoms with Gasteiger partial charge in [-0.2, -0.15) is 4.72 Å². The Morgan fingerprint density at radius 3 is 2.17 bits per heavy atom. The van der Waals surface area contributed by atoms with E-state index < -0.39 is 32.7 Å². The third-order valence-corrected chi connectivity index (χ3v) is 6.45. The van der Waals surface area contributed by atoms with E-state index >= 15 is 0 Å². The zero-order chi connectivity index (χ0) is 21.7. The summed E-state index contributed by atoms with van der Waals surface area (Å²) in [6, 6.07) is 13.6. The van der Waals surface area contributed by atoms with E-state index in [4.69, 9.17) is 0 Å². The van der Waals surface area contributed by atoms with E-state index in [1.807, 2.05) is 0 Å². The normalized spacial score (nSPS) is 12.2. The molecule has 1 atom stereocenters. The molecule has 1 aromatic heterocycles. The van der Waals surface area contributed by atoms with Gasteiger partial charge in [-0.25, -0.2) is 12.8 Å². The monoisotopic (exact) mass is 447 g/mol. The molecule has 0 fully saturated rings. The summed E-state index contributed by atoms with van der Waals surface area (Å²) in [5.41, 5.74) is 0.950. The van der Waals surface area contributed by atoms with Crippen LogP contribution in [0, 0.1) is 5.82 Å². The lowest BCUT2D eigenvalue weighted by Gasteiger charge is -2.15. The molecule has 30 heavy (non-hydrogen) atoms. The molecule has 3 aromatic rings. The highest BCUT2D eigenvalue weighted by Gasteiger charge is 2.24. The number of hydrogen-bond donors (Lipinski definition) is 3. The summed E-state index contributed by atoms with van der Waals surface area (Å²) in [7, 11) is -4.20. The van der Waals surface area contributed by atoms with Crippen LogP contribution in [0.4, 0.5) is 15.8 Å². The Balaban J connectivity index is 1.60. The fraction of sp³-hybridized carbons (Fsp3) is 0.100. The van der Waals surface area contributed by atoms with Crippen molar-refractivity contribution < 1.29 is 22.4 Å². The lowest BCUT2D eigenvalue weighted by atomic mass is 10.2. The number of anilines is 2. The predicted molar refractivity (Wildman–Crippen MR) is 114 cm³/mol. The maximum absolute atomic E-state index is 13.8. The molecule has 0 aliphatic rings. The second kappa shape index (κ2) is 9.16. The molecule has 3 rings (SSSR count). The highest BCUT2D eigenvalue weighted by molar-refractivity contribution is 7.89. The van der Waals surface area contributed by atoms with Gasteiger partial charge in [-0.15, -0.1) is 11.3 Å². The number of halogens is 1. The largest absolute Gasteiger partial charge is 0.325 e. The van der Waals surface area contributed by atoms with Gasteiger partial charge in [0.15, 0.2) is 0 Å². The number of carbonyl (C=O) groups is 2. The predicted octanol–water partition coefficient (Wildman–Crippen LogP) is 3.45. The highest BCUT2D eigenvalue weighted by Crippen LogP contribution is 2.17. The molecular weight excluding hydrogens is 429 g/mol. The Bertz CT molecular complexity index is 1150. The van der Waals surface area contributed by atoms with Crippen molar-refractivity contribution in [3.8, 4) is 0 Å². The van der Waals surface area contributed by atoms with E-state index in [2.05, 4.69) is 15.4 Å². The van der Waals surface area contributed by atoms with E-state index in [0.29, 0.717) is 16.3 Å². The van der Waals surface area contributed by atoms with Crippen LogP contribution in [0.15, 0.2) is 70.9 Å². The van der Waals surface area contributed by atoms with Crippen molar-refractivity contribution in [2.24, 2.45) is 0 Å². The van der Waals surface area contributed by atoms with Gasteiger partial charge >= 0.3 is 0 Å². The van der Waals surface area contributed by atoms with Crippen LogP contribution in [0.1, 0.15) is 16.6 Å². The minimum atomic E-state index is -4.20. The molecule has 7 nitrogen and oxygen atoms in total.